The van der Waals surface area contributed by atoms with E-state index in [2.05, 4.69) is 0 Å². The van der Waals surface area contributed by atoms with Crippen LogP contribution in [-0.4, -0.2) is 67.2 Å². The van der Waals surface area contributed by atoms with Crippen molar-refractivity contribution in [3.05, 3.63) is 35.4 Å². The predicted octanol–water partition coefficient (Wildman–Crippen LogP) is 2.14. The van der Waals surface area contributed by atoms with Gasteiger partial charge in [0.15, 0.2) is 0 Å². The van der Waals surface area contributed by atoms with Crippen LogP contribution in [0.4, 0.5) is 0 Å². The van der Waals surface area contributed by atoms with Crippen LogP contribution in [0.5, 0.6) is 0 Å². The summed E-state index contributed by atoms with van der Waals surface area (Å²) >= 11 is 0. The van der Waals surface area contributed by atoms with Gasteiger partial charge in [0, 0.05) is 31.7 Å². The van der Waals surface area contributed by atoms with Crippen LogP contribution in [-0.2, 0) is 16.4 Å². The maximum absolute atomic E-state index is 12.6. The molecule has 27 heavy (non-hydrogen) atoms. The lowest BCUT2D eigenvalue weighted by Crippen LogP contribution is -2.33. The molecule has 0 saturated carbocycles. The SMILES string of the molecule is CCCCS(=O)(=O)N1CCC(Cc2cccc(C(=O)N(CC)CCO)c2)C1. The Labute approximate surface area is 163 Å². The van der Waals surface area contributed by atoms with Gasteiger partial charge in [-0.15, -0.1) is 0 Å². The average Bonchev–Trinajstić information content (AvgIpc) is 3.13. The van der Waals surface area contributed by atoms with Crippen molar-refractivity contribution >= 4 is 15.9 Å². The van der Waals surface area contributed by atoms with Crippen molar-refractivity contribution in [1.29, 1.82) is 0 Å². The van der Waals surface area contributed by atoms with Gasteiger partial charge in [-0.2, -0.15) is 0 Å². The maximum atomic E-state index is 12.6. The number of carbonyl (C=O) groups excluding carboxylic acids is 1. The van der Waals surface area contributed by atoms with Gasteiger partial charge in [0.1, 0.15) is 0 Å². The summed E-state index contributed by atoms with van der Waals surface area (Å²) in [6.07, 6.45) is 3.21. The van der Waals surface area contributed by atoms with Crippen LogP contribution in [0.2, 0.25) is 0 Å². The lowest BCUT2D eigenvalue weighted by molar-refractivity contribution is 0.0732. The number of unbranched alkanes of at least 4 members (excludes halogenated alkanes) is 1. The zero-order valence-corrected chi connectivity index (χ0v) is 17.2. The first-order chi connectivity index (χ1) is 12.9. The summed E-state index contributed by atoms with van der Waals surface area (Å²) in [5, 5.41) is 9.10. The Morgan fingerprint density at radius 3 is 2.78 bits per heavy atom. The topological polar surface area (TPSA) is 77.9 Å². The van der Waals surface area contributed by atoms with E-state index in [0.29, 0.717) is 38.2 Å². The van der Waals surface area contributed by atoms with Gasteiger partial charge >= 0.3 is 0 Å². The molecule has 7 heteroatoms. The fourth-order valence-corrected chi connectivity index (χ4v) is 5.28. The molecular weight excluding hydrogens is 364 g/mol. The Balaban J connectivity index is 2.00. The number of likely N-dealkylation sites (N-methyl/N-ethyl adjacent to an activating group) is 1. The van der Waals surface area contributed by atoms with Crippen molar-refractivity contribution < 1.29 is 18.3 Å². The fourth-order valence-electron chi connectivity index (χ4n) is 3.54. The Kier molecular flexibility index (Phi) is 8.26. The molecule has 1 amide bonds. The van der Waals surface area contributed by atoms with E-state index in [0.717, 1.165) is 24.8 Å². The van der Waals surface area contributed by atoms with Crippen LogP contribution in [0.25, 0.3) is 0 Å². The van der Waals surface area contributed by atoms with Gasteiger partial charge in [0.2, 0.25) is 10.0 Å². The smallest absolute Gasteiger partial charge is 0.253 e. The van der Waals surface area contributed by atoms with E-state index in [1.165, 1.54) is 0 Å². The molecule has 1 aromatic carbocycles. The van der Waals surface area contributed by atoms with E-state index in [1.807, 2.05) is 32.0 Å². The first kappa shape index (κ1) is 21.9. The monoisotopic (exact) mass is 396 g/mol. The Morgan fingerprint density at radius 2 is 2.11 bits per heavy atom. The molecular formula is C20H32N2O4S. The lowest BCUT2D eigenvalue weighted by Gasteiger charge is -2.20. The second-order valence-electron chi connectivity index (χ2n) is 7.20. The molecule has 0 aliphatic carbocycles. The molecule has 1 saturated heterocycles. The van der Waals surface area contributed by atoms with Crippen molar-refractivity contribution in [2.45, 2.75) is 39.5 Å². The Hall–Kier alpha value is -1.44. The van der Waals surface area contributed by atoms with Crippen LogP contribution in [0, 0.1) is 5.92 Å². The molecule has 1 fully saturated rings. The normalized spacial score (nSPS) is 18.0. The number of benzene rings is 1. The number of sulfonamides is 1. The zero-order chi connectivity index (χ0) is 19.9. The molecule has 0 bridgehead atoms. The number of carbonyl (C=O) groups is 1. The molecule has 0 radical (unpaired) electrons. The number of nitrogens with zero attached hydrogens (tertiary/aromatic N) is 2. The molecule has 152 valence electrons. The molecule has 2 rings (SSSR count). The highest BCUT2D eigenvalue weighted by atomic mass is 32.2. The van der Waals surface area contributed by atoms with E-state index in [1.54, 1.807) is 15.3 Å². The number of aliphatic hydroxyl groups is 1. The van der Waals surface area contributed by atoms with Gasteiger partial charge in [0.25, 0.3) is 5.91 Å². The largest absolute Gasteiger partial charge is 0.395 e. The van der Waals surface area contributed by atoms with Crippen LogP contribution < -0.4 is 0 Å². The summed E-state index contributed by atoms with van der Waals surface area (Å²) in [5.41, 5.74) is 1.67. The van der Waals surface area contributed by atoms with Crippen LogP contribution in [0.1, 0.15) is 49.0 Å². The van der Waals surface area contributed by atoms with Crippen molar-refractivity contribution in [1.82, 2.24) is 9.21 Å². The average molecular weight is 397 g/mol. The second-order valence-corrected chi connectivity index (χ2v) is 9.28. The minimum absolute atomic E-state index is 0.0519. The summed E-state index contributed by atoms with van der Waals surface area (Å²) in [5.74, 6) is 0.438. The van der Waals surface area contributed by atoms with Crippen LogP contribution in [0.15, 0.2) is 24.3 Å². The second kappa shape index (κ2) is 10.2. The summed E-state index contributed by atoms with van der Waals surface area (Å²) in [7, 11) is -3.14. The third-order valence-electron chi connectivity index (χ3n) is 5.13. The van der Waals surface area contributed by atoms with Crippen molar-refractivity contribution in [3.63, 3.8) is 0 Å². The number of aliphatic hydroxyl groups excluding tert-OH is 1. The quantitative estimate of drug-likeness (QED) is 0.657. The molecule has 1 unspecified atom stereocenters. The Morgan fingerprint density at radius 1 is 1.33 bits per heavy atom. The standard InChI is InChI=1S/C20H32N2O4S/c1-3-5-13-27(25,26)22-10-9-18(16-22)14-17-7-6-8-19(15-17)20(24)21(4-2)11-12-23/h6-8,15,18,23H,3-5,9-14,16H2,1-2H3. The van der Waals surface area contributed by atoms with Gasteiger partial charge in [0.05, 0.1) is 12.4 Å². The summed E-state index contributed by atoms with van der Waals surface area (Å²) < 4.78 is 26.3. The minimum atomic E-state index is -3.14. The lowest BCUT2D eigenvalue weighted by atomic mass is 9.97. The number of hydrogen-bond acceptors (Lipinski definition) is 4. The number of hydrogen-bond donors (Lipinski definition) is 1. The van der Waals surface area contributed by atoms with E-state index in [-0.39, 0.29) is 24.2 Å². The van der Waals surface area contributed by atoms with Crippen molar-refractivity contribution in [3.8, 4) is 0 Å². The Bertz CT molecular complexity index is 720. The molecule has 1 N–H and O–H groups in total. The fraction of sp³-hybridized carbons (Fsp3) is 0.650. The molecule has 1 aliphatic rings. The molecule has 1 heterocycles. The summed E-state index contributed by atoms with van der Waals surface area (Å²) in [6, 6.07) is 7.56. The van der Waals surface area contributed by atoms with Gasteiger partial charge in [-0.05, 0) is 49.8 Å². The molecule has 0 spiro atoms. The van der Waals surface area contributed by atoms with Crippen molar-refractivity contribution in [2.24, 2.45) is 5.92 Å². The third kappa shape index (κ3) is 6.02. The highest BCUT2D eigenvalue weighted by Crippen LogP contribution is 2.24. The molecule has 1 atom stereocenters. The first-order valence-corrected chi connectivity index (χ1v) is 11.5. The van der Waals surface area contributed by atoms with E-state index >= 15 is 0 Å². The maximum Gasteiger partial charge on any atom is 0.253 e. The van der Waals surface area contributed by atoms with E-state index < -0.39 is 10.0 Å². The minimum Gasteiger partial charge on any atom is -0.395 e. The van der Waals surface area contributed by atoms with Crippen molar-refractivity contribution in [2.75, 3.05) is 38.5 Å². The molecule has 6 nitrogen and oxygen atoms in total. The zero-order valence-electron chi connectivity index (χ0n) is 16.4. The van der Waals surface area contributed by atoms with Gasteiger partial charge in [-0.1, -0.05) is 25.5 Å². The predicted molar refractivity (Wildman–Crippen MR) is 107 cm³/mol. The highest BCUT2D eigenvalue weighted by molar-refractivity contribution is 7.89. The summed E-state index contributed by atoms with van der Waals surface area (Å²) in [6.45, 7) is 5.87. The van der Waals surface area contributed by atoms with E-state index in [9.17, 15) is 13.2 Å². The third-order valence-corrected chi connectivity index (χ3v) is 7.06. The molecule has 1 aromatic rings. The summed E-state index contributed by atoms with van der Waals surface area (Å²) in [4.78, 5) is 14.2. The highest BCUT2D eigenvalue weighted by Gasteiger charge is 2.30. The molecule has 0 aromatic heterocycles. The molecule has 1 aliphatic heterocycles. The van der Waals surface area contributed by atoms with Gasteiger partial charge < -0.3 is 10.0 Å². The van der Waals surface area contributed by atoms with Crippen LogP contribution >= 0.6 is 0 Å². The number of amides is 1. The number of rotatable bonds is 10. The van der Waals surface area contributed by atoms with Crippen LogP contribution in [0.3, 0.4) is 0 Å². The van der Waals surface area contributed by atoms with Gasteiger partial charge in [-0.25, -0.2) is 12.7 Å². The van der Waals surface area contributed by atoms with E-state index in [4.69, 9.17) is 5.11 Å². The first-order valence-electron chi connectivity index (χ1n) is 9.88. The van der Waals surface area contributed by atoms with Gasteiger partial charge in [-0.3, -0.25) is 4.79 Å².